The largest absolute Gasteiger partial charge is 0.698 e. The first-order valence-corrected chi connectivity index (χ1v) is 21.4. The van der Waals surface area contributed by atoms with Gasteiger partial charge in [0.25, 0.3) is 0 Å². The van der Waals surface area contributed by atoms with E-state index in [4.69, 9.17) is 17.9 Å². The van der Waals surface area contributed by atoms with E-state index in [1.165, 1.54) is 0 Å². The van der Waals surface area contributed by atoms with Crippen LogP contribution in [-0.2, 0) is 32.1 Å². The van der Waals surface area contributed by atoms with Crippen molar-refractivity contribution >= 4 is 36.5 Å². The molecule has 0 unspecified atom stereocenters. The van der Waals surface area contributed by atoms with Gasteiger partial charge in [0.1, 0.15) is 0 Å². The first-order chi connectivity index (χ1) is 17.3. The molecule has 0 aromatic carbocycles. The molecule has 2 fully saturated rings. The van der Waals surface area contributed by atoms with E-state index in [9.17, 15) is 14.2 Å². The van der Waals surface area contributed by atoms with Crippen LogP contribution in [0.4, 0.5) is 0 Å². The van der Waals surface area contributed by atoms with E-state index >= 15 is 0 Å². The number of carbonyl (C=O) groups is 2. The summed E-state index contributed by atoms with van der Waals surface area (Å²) in [6.07, 6.45) is 6.93. The minimum atomic E-state index is -2.50. The molecular weight excluding hydrogens is 535 g/mol. The Bertz CT molecular complexity index is 750. The second-order valence-corrected chi connectivity index (χ2v) is 24.9. The van der Waals surface area contributed by atoms with Crippen molar-refractivity contribution in [2.75, 3.05) is 13.2 Å². The van der Waals surface area contributed by atoms with Crippen molar-refractivity contribution in [3.05, 3.63) is 0 Å². The van der Waals surface area contributed by atoms with Gasteiger partial charge in [-0.05, 0) is 87.6 Å². The molecule has 0 aromatic heterocycles. The van der Waals surface area contributed by atoms with E-state index < -0.39 is 24.9 Å². The normalized spacial score (nSPS) is 26.2. The average molecular weight is 590 g/mol. The van der Waals surface area contributed by atoms with Gasteiger partial charge < -0.3 is 8.85 Å². The molecule has 38 heavy (non-hydrogen) atoms. The van der Waals surface area contributed by atoms with Gasteiger partial charge in [0.15, 0.2) is 41.4 Å². The Labute approximate surface area is 234 Å². The lowest BCUT2D eigenvalue weighted by molar-refractivity contribution is -0.126. The van der Waals surface area contributed by atoms with Crippen LogP contribution in [-0.4, -0.2) is 53.6 Å². The molecule has 0 atom stereocenters. The molecule has 0 spiro atoms. The molecule has 2 aliphatic rings. The summed E-state index contributed by atoms with van der Waals surface area (Å²) in [6.45, 7) is 22.0. The van der Waals surface area contributed by atoms with Gasteiger partial charge >= 0.3 is 8.25 Å². The Balaban J connectivity index is 1.65. The van der Waals surface area contributed by atoms with E-state index in [1.54, 1.807) is 0 Å². The van der Waals surface area contributed by atoms with Gasteiger partial charge in [-0.1, -0.05) is 41.5 Å². The molecule has 220 valence electrons. The fourth-order valence-corrected chi connectivity index (χ4v) is 8.08. The van der Waals surface area contributed by atoms with Gasteiger partial charge in [0, 0.05) is 28.6 Å². The van der Waals surface area contributed by atoms with Gasteiger partial charge in [-0.25, -0.2) is 0 Å². The zero-order valence-electron chi connectivity index (χ0n) is 25.7. The minimum absolute atomic E-state index is 0.0471. The molecule has 0 heterocycles. The molecule has 0 bridgehead atoms. The van der Waals surface area contributed by atoms with Crippen LogP contribution in [0.15, 0.2) is 0 Å². The molecule has 0 saturated heterocycles. The topological polar surface area (TPSA) is 88.1 Å². The lowest BCUT2D eigenvalue weighted by Crippen LogP contribution is -2.45. The number of Topliss-reactive ketones (excluding diaryl/α,β-unsaturated/α-hetero) is 2. The third-order valence-electron chi connectivity index (χ3n) is 9.42. The highest BCUT2D eigenvalue weighted by Gasteiger charge is 2.42. The van der Waals surface area contributed by atoms with Crippen LogP contribution >= 0.6 is 8.25 Å². The molecule has 0 N–H and O–H groups in total. The van der Waals surface area contributed by atoms with Gasteiger partial charge in [-0.2, -0.15) is 0 Å². The summed E-state index contributed by atoms with van der Waals surface area (Å²) in [7, 11) is -6.14. The van der Waals surface area contributed by atoms with Crippen molar-refractivity contribution in [2.45, 2.75) is 141 Å². The Morgan fingerprint density at radius 3 is 1.18 bits per heavy atom. The minimum Gasteiger partial charge on any atom is -0.414 e. The smallest absolute Gasteiger partial charge is 0.414 e. The predicted molar refractivity (Wildman–Crippen MR) is 158 cm³/mol. The number of hydrogen-bond donors (Lipinski definition) is 0. The molecule has 2 rings (SSSR count). The third-order valence-corrected chi connectivity index (χ3v) is 19.2. The Hall–Kier alpha value is -0.286. The molecular formula is C28H54O7PSi2+. The number of ketones is 2. The summed E-state index contributed by atoms with van der Waals surface area (Å²) in [6, 6.07) is 0. The van der Waals surface area contributed by atoms with Gasteiger partial charge in [-0.15, -0.1) is 9.05 Å². The summed E-state index contributed by atoms with van der Waals surface area (Å²) < 4.78 is 35.6. The van der Waals surface area contributed by atoms with Crippen LogP contribution in [0.5, 0.6) is 0 Å². The maximum absolute atomic E-state index is 12.6. The fourth-order valence-electron chi connectivity index (χ4n) is 4.70. The van der Waals surface area contributed by atoms with E-state index in [-0.39, 0.29) is 58.9 Å². The first kappa shape index (κ1) is 33.9. The van der Waals surface area contributed by atoms with Crippen molar-refractivity contribution in [1.82, 2.24) is 0 Å². The molecule has 2 saturated carbocycles. The van der Waals surface area contributed by atoms with Crippen LogP contribution in [0.25, 0.3) is 0 Å². The standard InChI is InChI=1S/C28H54O7PSi2/c1-27(2,3)37(7,8)34-23-15-11-21(12-16-23)25(29)19-32-36(31)33-20-26(30)22-13-17-24(18-14-22)35-38(9,10)28(4,5)6/h21-24H,11-20H2,1-10H3/q+1. The Morgan fingerprint density at radius 2 is 0.921 bits per heavy atom. The maximum atomic E-state index is 12.6. The highest BCUT2D eigenvalue weighted by molar-refractivity contribution is 7.33. The van der Waals surface area contributed by atoms with Crippen LogP contribution in [0.3, 0.4) is 0 Å². The van der Waals surface area contributed by atoms with Crippen molar-refractivity contribution in [3.8, 4) is 0 Å². The SMILES string of the molecule is CC(C)(C)[Si](C)(C)OC1CCC(C(=O)CO[P+](=O)OCC(=O)C2CCC(O[Si](C)(C)C(C)(C)C)CC2)CC1. The zero-order chi connectivity index (χ0) is 28.9. The monoisotopic (exact) mass is 589 g/mol. The third kappa shape index (κ3) is 9.97. The maximum Gasteiger partial charge on any atom is 0.698 e. The van der Waals surface area contributed by atoms with Gasteiger partial charge in [-0.3, -0.25) is 9.59 Å². The molecule has 2 aliphatic carbocycles. The van der Waals surface area contributed by atoms with Gasteiger partial charge in [0.2, 0.25) is 0 Å². The van der Waals surface area contributed by atoms with Crippen LogP contribution < -0.4 is 0 Å². The van der Waals surface area contributed by atoms with E-state index in [1.807, 2.05) is 0 Å². The lowest BCUT2D eigenvalue weighted by atomic mass is 9.85. The molecule has 0 aliphatic heterocycles. The van der Waals surface area contributed by atoms with Crippen LogP contribution in [0.1, 0.15) is 92.9 Å². The Morgan fingerprint density at radius 1 is 0.632 bits per heavy atom. The summed E-state index contributed by atoms with van der Waals surface area (Å²) in [5, 5.41) is 0.331. The average Bonchev–Trinajstić information content (AvgIpc) is 2.80. The molecule has 0 radical (unpaired) electrons. The van der Waals surface area contributed by atoms with E-state index in [2.05, 4.69) is 67.7 Å². The quantitative estimate of drug-likeness (QED) is 0.168. The highest BCUT2D eigenvalue weighted by Crippen LogP contribution is 2.41. The van der Waals surface area contributed by atoms with Crippen molar-refractivity contribution in [2.24, 2.45) is 11.8 Å². The lowest BCUT2D eigenvalue weighted by Gasteiger charge is -2.41. The predicted octanol–water partition coefficient (Wildman–Crippen LogP) is 7.98. The second-order valence-electron chi connectivity index (χ2n) is 14.4. The number of hydrogen-bond acceptors (Lipinski definition) is 7. The summed E-state index contributed by atoms with van der Waals surface area (Å²) in [5.74, 6) is -0.283. The summed E-state index contributed by atoms with van der Waals surface area (Å²) >= 11 is 0. The first-order valence-electron chi connectivity index (χ1n) is 14.5. The van der Waals surface area contributed by atoms with E-state index in [0.717, 1.165) is 51.4 Å². The fraction of sp³-hybridized carbons (Fsp3) is 0.929. The van der Waals surface area contributed by atoms with Crippen molar-refractivity contribution in [1.29, 1.82) is 0 Å². The molecule has 0 amide bonds. The number of carbonyl (C=O) groups excluding carboxylic acids is 2. The number of rotatable bonds is 12. The summed E-state index contributed by atoms with van der Waals surface area (Å²) in [4.78, 5) is 25.2. The van der Waals surface area contributed by atoms with Crippen molar-refractivity contribution < 1.29 is 32.1 Å². The second kappa shape index (κ2) is 13.6. The molecule has 10 heteroatoms. The molecule has 7 nitrogen and oxygen atoms in total. The van der Waals surface area contributed by atoms with Crippen LogP contribution in [0, 0.1) is 11.8 Å². The van der Waals surface area contributed by atoms with Gasteiger partial charge in [0.05, 0.1) is 0 Å². The zero-order valence-corrected chi connectivity index (χ0v) is 28.6. The van der Waals surface area contributed by atoms with E-state index in [0.29, 0.717) is 0 Å². The Kier molecular flexibility index (Phi) is 12.1. The molecule has 0 aromatic rings. The highest BCUT2D eigenvalue weighted by atomic mass is 31.1. The van der Waals surface area contributed by atoms with Crippen molar-refractivity contribution in [3.63, 3.8) is 0 Å². The summed E-state index contributed by atoms with van der Waals surface area (Å²) in [5.41, 5.74) is 0. The van der Waals surface area contributed by atoms with Crippen LogP contribution in [0.2, 0.25) is 36.3 Å².